The molecule has 6 nitrogen and oxygen atoms in total. The molecule has 3 rings (SSSR count). The van der Waals surface area contributed by atoms with Gasteiger partial charge >= 0.3 is 0 Å². The normalized spacial score (nSPS) is 10.5. The van der Waals surface area contributed by atoms with Gasteiger partial charge in [0, 0.05) is 0 Å². The number of hydrogen-bond acceptors (Lipinski definition) is 5. The van der Waals surface area contributed by atoms with Crippen molar-refractivity contribution in [3.8, 4) is 11.5 Å². The van der Waals surface area contributed by atoms with Crippen LogP contribution in [0.5, 0.6) is 11.5 Å². The van der Waals surface area contributed by atoms with Crippen LogP contribution in [0.4, 0.5) is 5.69 Å². The van der Waals surface area contributed by atoms with Gasteiger partial charge in [-0.3, -0.25) is 4.68 Å². The lowest BCUT2D eigenvalue weighted by Crippen LogP contribution is -2.06. The Labute approximate surface area is 144 Å². The van der Waals surface area contributed by atoms with E-state index in [2.05, 4.69) is 34.0 Å². The molecule has 0 aliphatic rings. The summed E-state index contributed by atoms with van der Waals surface area (Å²) in [5, 5.41) is 13.6. The van der Waals surface area contributed by atoms with E-state index in [1.807, 2.05) is 16.8 Å². The molecule has 0 aliphatic carbocycles. The van der Waals surface area contributed by atoms with Gasteiger partial charge in [-0.05, 0) is 25.0 Å². The Hall–Kier alpha value is -2.72. The predicted octanol–water partition coefficient (Wildman–Crippen LogP) is 4.25. The van der Waals surface area contributed by atoms with E-state index in [1.54, 1.807) is 17.6 Å². The molecule has 0 saturated heterocycles. The van der Waals surface area contributed by atoms with E-state index in [0.717, 1.165) is 35.0 Å². The molecule has 0 aliphatic heterocycles. The molecule has 2 aromatic heterocycles. The van der Waals surface area contributed by atoms with Gasteiger partial charge in [0.2, 0.25) is 0 Å². The zero-order valence-electron chi connectivity index (χ0n) is 13.6. The molecule has 0 N–H and O–H groups in total. The van der Waals surface area contributed by atoms with Gasteiger partial charge in [0.15, 0.2) is 11.4 Å². The van der Waals surface area contributed by atoms with Gasteiger partial charge in [0.25, 0.3) is 0 Å². The van der Waals surface area contributed by atoms with Crippen LogP contribution in [-0.4, -0.2) is 20.0 Å². The van der Waals surface area contributed by atoms with E-state index in [-0.39, 0.29) is 0 Å². The van der Waals surface area contributed by atoms with Crippen molar-refractivity contribution >= 4 is 17.0 Å². The van der Waals surface area contributed by atoms with E-state index in [9.17, 15) is 0 Å². The highest BCUT2D eigenvalue weighted by atomic mass is 32.1. The summed E-state index contributed by atoms with van der Waals surface area (Å²) in [4.78, 5) is 3.40. The van der Waals surface area contributed by atoms with E-state index in [0.29, 0.717) is 18.0 Å². The zero-order valence-corrected chi connectivity index (χ0v) is 14.4. The molecule has 0 unspecified atom stereocenters. The molecule has 2 heterocycles. The average molecular weight is 339 g/mol. The van der Waals surface area contributed by atoms with Gasteiger partial charge in [0.1, 0.15) is 22.0 Å². The number of aromatic nitrogens is 4. The van der Waals surface area contributed by atoms with Crippen molar-refractivity contribution in [1.29, 1.82) is 0 Å². The molecule has 0 fully saturated rings. The number of hydrogen-bond donors (Lipinski definition) is 0. The maximum Gasteiger partial charge on any atom is 0.187 e. The summed E-state index contributed by atoms with van der Waals surface area (Å²) in [6.45, 7) is 11.8. The third kappa shape index (κ3) is 3.29. The first-order chi connectivity index (χ1) is 11.7. The second-order valence-electron chi connectivity index (χ2n) is 5.13. The summed E-state index contributed by atoms with van der Waals surface area (Å²) in [5.74, 6) is 1.52. The van der Waals surface area contributed by atoms with Crippen LogP contribution in [0.1, 0.15) is 30.2 Å². The molecular weight excluding hydrogens is 322 g/mol. The molecule has 122 valence electrons. The summed E-state index contributed by atoms with van der Waals surface area (Å²) < 4.78 is 8.05. The molecule has 0 amide bonds. The minimum absolute atomic E-state index is 0.598. The third-order valence-corrected chi connectivity index (χ3v) is 4.31. The number of ether oxygens (including phenoxy) is 1. The quantitative estimate of drug-likeness (QED) is 0.630. The molecule has 7 heteroatoms. The van der Waals surface area contributed by atoms with E-state index >= 15 is 0 Å². The smallest absolute Gasteiger partial charge is 0.187 e. The second kappa shape index (κ2) is 7.23. The van der Waals surface area contributed by atoms with Crippen LogP contribution in [0.25, 0.3) is 4.85 Å². The van der Waals surface area contributed by atoms with Crippen LogP contribution in [0.15, 0.2) is 29.8 Å². The maximum atomic E-state index is 7.02. The van der Waals surface area contributed by atoms with Crippen molar-refractivity contribution in [2.75, 3.05) is 0 Å². The van der Waals surface area contributed by atoms with E-state index in [4.69, 9.17) is 11.3 Å². The molecule has 1 aromatic carbocycles. The lowest BCUT2D eigenvalue weighted by molar-refractivity contribution is 0.469. The molecule has 0 spiro atoms. The Morgan fingerprint density at radius 1 is 1.21 bits per heavy atom. The van der Waals surface area contributed by atoms with Crippen LogP contribution in [-0.2, 0) is 19.4 Å². The number of benzene rings is 1. The van der Waals surface area contributed by atoms with Crippen molar-refractivity contribution in [3.63, 3.8) is 0 Å². The Morgan fingerprint density at radius 3 is 2.58 bits per heavy atom. The third-order valence-electron chi connectivity index (χ3n) is 3.62. The van der Waals surface area contributed by atoms with Crippen molar-refractivity contribution in [2.45, 2.75) is 33.2 Å². The molecule has 3 aromatic rings. The minimum atomic E-state index is 0.598. The Morgan fingerprint density at radius 2 is 2.00 bits per heavy atom. The first kappa shape index (κ1) is 16.1. The van der Waals surface area contributed by atoms with Crippen molar-refractivity contribution in [1.82, 2.24) is 20.0 Å². The first-order valence-corrected chi connectivity index (χ1v) is 8.62. The van der Waals surface area contributed by atoms with Crippen molar-refractivity contribution in [3.05, 3.63) is 57.6 Å². The summed E-state index contributed by atoms with van der Waals surface area (Å²) in [6.07, 6.45) is 1.59. The van der Waals surface area contributed by atoms with Crippen LogP contribution >= 0.6 is 11.3 Å². The molecule has 24 heavy (non-hydrogen) atoms. The molecule has 0 saturated carbocycles. The summed E-state index contributed by atoms with van der Waals surface area (Å²) in [5.41, 5.74) is 4.28. The monoisotopic (exact) mass is 339 g/mol. The SMILES string of the molecule is [C-]#[N+]c1ccc(Oc2c(CC)nn(Cc3nncs3)c2CC)cc1. The Balaban J connectivity index is 1.93. The van der Waals surface area contributed by atoms with Crippen LogP contribution in [0.2, 0.25) is 0 Å². The highest BCUT2D eigenvalue weighted by Crippen LogP contribution is 2.31. The predicted molar refractivity (Wildman–Crippen MR) is 92.8 cm³/mol. The standard InChI is InChI=1S/C17H17N5OS/c1-4-14-17(23-13-8-6-12(18-3)7-9-13)15(5-2)22(21-14)10-16-20-19-11-24-16/h6-9,11H,4-5,10H2,1-2H3. The summed E-state index contributed by atoms with van der Waals surface area (Å²) in [7, 11) is 0. The largest absolute Gasteiger partial charge is 0.454 e. The fourth-order valence-corrected chi connectivity index (χ4v) is 2.96. The molecule has 0 bridgehead atoms. The first-order valence-electron chi connectivity index (χ1n) is 7.74. The van der Waals surface area contributed by atoms with Gasteiger partial charge in [-0.1, -0.05) is 26.0 Å². The molecule has 0 atom stereocenters. The Kier molecular flexibility index (Phi) is 4.87. The fraction of sp³-hybridized carbons (Fsp3) is 0.294. The highest BCUT2D eigenvalue weighted by Gasteiger charge is 2.18. The van der Waals surface area contributed by atoms with Gasteiger partial charge in [-0.15, -0.1) is 21.5 Å². The van der Waals surface area contributed by atoms with Gasteiger partial charge < -0.3 is 4.74 Å². The number of nitrogens with zero attached hydrogens (tertiary/aromatic N) is 5. The lowest BCUT2D eigenvalue weighted by atomic mass is 10.2. The van der Waals surface area contributed by atoms with Crippen LogP contribution < -0.4 is 4.74 Å². The second-order valence-corrected chi connectivity index (χ2v) is 6.05. The molecule has 0 radical (unpaired) electrons. The number of aryl methyl sites for hydroxylation is 1. The Bertz CT molecular complexity index is 846. The number of rotatable bonds is 6. The van der Waals surface area contributed by atoms with Crippen LogP contribution in [0, 0.1) is 6.57 Å². The zero-order chi connectivity index (χ0) is 16.9. The highest BCUT2D eigenvalue weighted by molar-refractivity contribution is 7.09. The minimum Gasteiger partial charge on any atom is -0.454 e. The van der Waals surface area contributed by atoms with E-state index in [1.165, 1.54) is 11.3 Å². The average Bonchev–Trinajstić information content (AvgIpc) is 3.23. The van der Waals surface area contributed by atoms with Crippen molar-refractivity contribution in [2.24, 2.45) is 0 Å². The summed E-state index contributed by atoms with van der Waals surface area (Å²) >= 11 is 1.52. The van der Waals surface area contributed by atoms with Crippen molar-refractivity contribution < 1.29 is 4.74 Å². The van der Waals surface area contributed by atoms with Gasteiger partial charge in [0.05, 0.1) is 18.8 Å². The topological polar surface area (TPSA) is 57.2 Å². The maximum absolute atomic E-state index is 7.02. The van der Waals surface area contributed by atoms with Crippen LogP contribution in [0.3, 0.4) is 0 Å². The molecular formula is C17H17N5OS. The fourth-order valence-electron chi connectivity index (χ4n) is 2.46. The van der Waals surface area contributed by atoms with Gasteiger partial charge in [-0.2, -0.15) is 5.10 Å². The van der Waals surface area contributed by atoms with Gasteiger partial charge in [-0.25, -0.2) is 4.85 Å². The summed E-state index contributed by atoms with van der Waals surface area (Å²) in [6, 6.07) is 7.14. The van der Waals surface area contributed by atoms with E-state index < -0.39 is 0 Å². The lowest BCUT2D eigenvalue weighted by Gasteiger charge is -2.09.